The predicted octanol–water partition coefficient (Wildman–Crippen LogP) is 3.87. The Morgan fingerprint density at radius 1 is 1.56 bits per heavy atom. The van der Waals surface area contributed by atoms with Crippen LogP contribution in [0.3, 0.4) is 0 Å². The first-order valence-electron chi connectivity index (χ1n) is 5.97. The number of rotatable bonds is 5. The maximum Gasteiger partial charge on any atom is 0.241 e. The van der Waals surface area contributed by atoms with Gasteiger partial charge in [-0.1, -0.05) is 31.4 Å². The van der Waals surface area contributed by atoms with Gasteiger partial charge in [0.1, 0.15) is 0 Å². The van der Waals surface area contributed by atoms with Crippen LogP contribution >= 0.6 is 27.5 Å². The summed E-state index contributed by atoms with van der Waals surface area (Å²) in [7, 11) is 0. The summed E-state index contributed by atoms with van der Waals surface area (Å²) in [4.78, 5) is 11.9. The Labute approximate surface area is 121 Å². The van der Waals surface area contributed by atoms with E-state index >= 15 is 0 Å². The van der Waals surface area contributed by atoms with Crippen LogP contribution in [0.4, 0.5) is 5.69 Å². The Balaban J connectivity index is 2.72. The van der Waals surface area contributed by atoms with Gasteiger partial charge in [0, 0.05) is 9.50 Å². The zero-order chi connectivity index (χ0) is 13.7. The third-order valence-corrected chi connectivity index (χ3v) is 3.77. The third-order valence-electron chi connectivity index (χ3n) is 2.71. The average Bonchev–Trinajstić information content (AvgIpc) is 2.32. The number of anilines is 1. The van der Waals surface area contributed by atoms with Gasteiger partial charge in [0.2, 0.25) is 5.91 Å². The van der Waals surface area contributed by atoms with Crippen LogP contribution in [-0.4, -0.2) is 11.9 Å². The van der Waals surface area contributed by atoms with Crippen LogP contribution in [0.15, 0.2) is 16.6 Å². The molecule has 0 fully saturated rings. The first-order chi connectivity index (χ1) is 8.45. The molecule has 0 aromatic heterocycles. The lowest BCUT2D eigenvalue weighted by Gasteiger charge is -2.13. The quantitative estimate of drug-likeness (QED) is 0.859. The van der Waals surface area contributed by atoms with E-state index < -0.39 is 6.04 Å². The van der Waals surface area contributed by atoms with Crippen LogP contribution < -0.4 is 11.1 Å². The molecule has 5 heteroatoms. The number of amides is 1. The molecule has 0 heterocycles. The molecular formula is C13H18BrClN2O. The maximum atomic E-state index is 11.9. The normalized spacial score (nSPS) is 12.3. The van der Waals surface area contributed by atoms with Crippen molar-refractivity contribution >= 4 is 39.1 Å². The number of unbranched alkanes of at least 4 members (excludes halogenated alkanes) is 1. The smallest absolute Gasteiger partial charge is 0.241 e. The van der Waals surface area contributed by atoms with Gasteiger partial charge in [-0.25, -0.2) is 0 Å². The fourth-order valence-corrected chi connectivity index (χ4v) is 2.24. The predicted molar refractivity (Wildman–Crippen MR) is 80.0 cm³/mol. The number of hydrogen-bond acceptors (Lipinski definition) is 2. The molecular weight excluding hydrogens is 316 g/mol. The van der Waals surface area contributed by atoms with Crippen LogP contribution in [0.25, 0.3) is 0 Å². The van der Waals surface area contributed by atoms with E-state index in [1.807, 2.05) is 13.0 Å². The lowest BCUT2D eigenvalue weighted by molar-refractivity contribution is -0.117. The van der Waals surface area contributed by atoms with Gasteiger partial charge in [-0.3, -0.25) is 4.79 Å². The average molecular weight is 334 g/mol. The van der Waals surface area contributed by atoms with Gasteiger partial charge in [-0.05, 0) is 47.0 Å². The standard InChI is InChI=1S/C13H18BrClN2O/c1-3-4-5-11(16)13(18)17-12-7-10(15)8(2)6-9(12)14/h6-7,11H,3-5,16H2,1-2H3,(H,17,18). The molecule has 100 valence electrons. The van der Waals surface area contributed by atoms with Crippen LogP contribution in [0.2, 0.25) is 5.02 Å². The highest BCUT2D eigenvalue weighted by Crippen LogP contribution is 2.29. The van der Waals surface area contributed by atoms with Crippen LogP contribution in [-0.2, 0) is 4.79 Å². The molecule has 3 nitrogen and oxygen atoms in total. The van der Waals surface area contributed by atoms with Crippen molar-refractivity contribution in [2.24, 2.45) is 5.73 Å². The zero-order valence-corrected chi connectivity index (χ0v) is 12.9. The fourth-order valence-electron chi connectivity index (χ4n) is 1.52. The molecule has 0 radical (unpaired) electrons. The van der Waals surface area contributed by atoms with Crippen LogP contribution in [0.1, 0.15) is 31.7 Å². The summed E-state index contributed by atoms with van der Waals surface area (Å²) < 4.78 is 0.806. The largest absolute Gasteiger partial charge is 0.324 e. The zero-order valence-electron chi connectivity index (χ0n) is 10.6. The number of benzene rings is 1. The molecule has 0 aliphatic carbocycles. The molecule has 0 aliphatic rings. The second-order valence-electron chi connectivity index (χ2n) is 4.32. The molecule has 1 atom stereocenters. The highest BCUT2D eigenvalue weighted by molar-refractivity contribution is 9.10. The first kappa shape index (κ1) is 15.5. The minimum Gasteiger partial charge on any atom is -0.324 e. The first-order valence-corrected chi connectivity index (χ1v) is 7.15. The summed E-state index contributed by atoms with van der Waals surface area (Å²) in [5.41, 5.74) is 7.42. The van der Waals surface area contributed by atoms with E-state index in [2.05, 4.69) is 28.2 Å². The molecule has 1 aromatic carbocycles. The molecule has 0 saturated carbocycles. The number of aryl methyl sites for hydroxylation is 1. The lowest BCUT2D eigenvalue weighted by Crippen LogP contribution is -2.35. The van der Waals surface area contributed by atoms with E-state index in [0.717, 1.165) is 22.9 Å². The Hall–Kier alpha value is -0.580. The molecule has 0 spiro atoms. The second kappa shape index (κ2) is 7.12. The van der Waals surface area contributed by atoms with Crippen LogP contribution in [0.5, 0.6) is 0 Å². The summed E-state index contributed by atoms with van der Waals surface area (Å²) in [6.45, 7) is 3.98. The summed E-state index contributed by atoms with van der Waals surface area (Å²) in [6, 6.07) is 3.12. The number of carbonyl (C=O) groups is 1. The van der Waals surface area contributed by atoms with Crippen molar-refractivity contribution in [1.82, 2.24) is 0 Å². The van der Waals surface area contributed by atoms with Crippen molar-refractivity contribution < 1.29 is 4.79 Å². The summed E-state index contributed by atoms with van der Waals surface area (Å²) in [5.74, 6) is -0.177. The van der Waals surface area contributed by atoms with Crippen molar-refractivity contribution in [2.75, 3.05) is 5.32 Å². The fraction of sp³-hybridized carbons (Fsp3) is 0.462. The number of nitrogens with one attached hydrogen (secondary N) is 1. The highest BCUT2D eigenvalue weighted by Gasteiger charge is 2.14. The third kappa shape index (κ3) is 4.26. The van der Waals surface area contributed by atoms with E-state index in [9.17, 15) is 4.79 Å². The van der Waals surface area contributed by atoms with E-state index in [1.165, 1.54) is 0 Å². The highest BCUT2D eigenvalue weighted by atomic mass is 79.9. The Kier molecular flexibility index (Phi) is 6.12. The minimum atomic E-state index is -0.475. The Morgan fingerprint density at radius 3 is 2.83 bits per heavy atom. The van der Waals surface area contributed by atoms with Gasteiger partial charge in [0.15, 0.2) is 0 Å². The molecule has 1 amide bonds. The van der Waals surface area contributed by atoms with E-state index in [-0.39, 0.29) is 5.91 Å². The van der Waals surface area contributed by atoms with Gasteiger partial charge in [-0.15, -0.1) is 0 Å². The number of carbonyl (C=O) groups excluding carboxylic acids is 1. The molecule has 0 aliphatic heterocycles. The monoisotopic (exact) mass is 332 g/mol. The van der Waals surface area contributed by atoms with Gasteiger partial charge < -0.3 is 11.1 Å². The Bertz CT molecular complexity index is 437. The molecule has 0 saturated heterocycles. The van der Waals surface area contributed by atoms with E-state index in [1.54, 1.807) is 6.07 Å². The van der Waals surface area contributed by atoms with E-state index in [0.29, 0.717) is 17.1 Å². The van der Waals surface area contributed by atoms with Crippen LogP contribution in [0, 0.1) is 6.92 Å². The summed E-state index contributed by atoms with van der Waals surface area (Å²) in [5, 5.41) is 3.41. The topological polar surface area (TPSA) is 55.1 Å². The SMILES string of the molecule is CCCCC(N)C(=O)Nc1cc(Cl)c(C)cc1Br. The number of halogens is 2. The maximum absolute atomic E-state index is 11.9. The minimum absolute atomic E-state index is 0.177. The number of nitrogens with two attached hydrogens (primary N) is 1. The molecule has 1 unspecified atom stereocenters. The summed E-state index contributed by atoms with van der Waals surface area (Å²) in [6.07, 6.45) is 2.67. The molecule has 1 rings (SSSR count). The molecule has 1 aromatic rings. The van der Waals surface area contributed by atoms with Gasteiger partial charge in [0.05, 0.1) is 11.7 Å². The van der Waals surface area contributed by atoms with Crippen molar-refractivity contribution in [3.8, 4) is 0 Å². The lowest BCUT2D eigenvalue weighted by atomic mass is 10.1. The van der Waals surface area contributed by atoms with E-state index in [4.69, 9.17) is 17.3 Å². The molecule has 3 N–H and O–H groups in total. The van der Waals surface area contributed by atoms with Gasteiger partial charge >= 0.3 is 0 Å². The van der Waals surface area contributed by atoms with Crippen molar-refractivity contribution in [2.45, 2.75) is 39.2 Å². The second-order valence-corrected chi connectivity index (χ2v) is 5.58. The number of hydrogen-bond donors (Lipinski definition) is 2. The van der Waals surface area contributed by atoms with Crippen molar-refractivity contribution in [1.29, 1.82) is 0 Å². The molecule has 18 heavy (non-hydrogen) atoms. The van der Waals surface area contributed by atoms with Gasteiger partial charge in [-0.2, -0.15) is 0 Å². The molecule has 0 bridgehead atoms. The van der Waals surface area contributed by atoms with Crippen molar-refractivity contribution in [3.05, 3.63) is 27.2 Å². The summed E-state index contributed by atoms with van der Waals surface area (Å²) >= 11 is 9.43. The van der Waals surface area contributed by atoms with Gasteiger partial charge in [0.25, 0.3) is 0 Å². The van der Waals surface area contributed by atoms with Crippen molar-refractivity contribution in [3.63, 3.8) is 0 Å². The Morgan fingerprint density at radius 2 is 2.22 bits per heavy atom.